The summed E-state index contributed by atoms with van der Waals surface area (Å²) >= 11 is 0. The van der Waals surface area contributed by atoms with Crippen molar-refractivity contribution in [3.8, 4) is 22.4 Å². The first kappa shape index (κ1) is 14.6. The largest absolute Gasteiger partial charge is 0.256 e. The van der Waals surface area contributed by atoms with Gasteiger partial charge in [0.05, 0.1) is 5.69 Å². The number of pyridine rings is 1. The Kier molecular flexibility index (Phi) is 3.00. The van der Waals surface area contributed by atoms with Crippen molar-refractivity contribution in [1.82, 2.24) is 4.98 Å². The highest BCUT2D eigenvalue weighted by Gasteiger charge is 2.37. The molecule has 0 aliphatic carbocycles. The highest BCUT2D eigenvalue weighted by molar-refractivity contribution is 7.03. The number of benzene rings is 3. The Morgan fingerprint density at radius 3 is 2.32 bits per heavy atom. The molecule has 120 valence electrons. The van der Waals surface area contributed by atoms with Crippen molar-refractivity contribution in [2.24, 2.45) is 0 Å². The number of aromatic nitrogens is 1. The van der Waals surface area contributed by atoms with Gasteiger partial charge in [-0.15, -0.1) is 0 Å². The molecule has 0 unspecified atom stereocenters. The lowest BCUT2D eigenvalue weighted by molar-refractivity contribution is 1.35. The van der Waals surface area contributed by atoms with Crippen LogP contribution < -0.4 is 10.4 Å². The van der Waals surface area contributed by atoms with Crippen LogP contribution >= 0.6 is 0 Å². The third kappa shape index (κ3) is 2.04. The van der Waals surface area contributed by atoms with E-state index in [0.717, 1.165) is 5.69 Å². The van der Waals surface area contributed by atoms with Gasteiger partial charge in [0.25, 0.3) is 0 Å². The molecule has 0 N–H and O–H groups in total. The summed E-state index contributed by atoms with van der Waals surface area (Å²) in [4.78, 5) is 4.88. The van der Waals surface area contributed by atoms with Crippen molar-refractivity contribution in [3.05, 3.63) is 79.0 Å². The molecule has 0 saturated heterocycles. The fourth-order valence-corrected chi connectivity index (χ4v) is 7.14. The van der Waals surface area contributed by atoms with E-state index in [4.69, 9.17) is 4.98 Å². The zero-order valence-corrected chi connectivity index (χ0v) is 15.5. The molecule has 0 atom stereocenters. The topological polar surface area (TPSA) is 12.9 Å². The van der Waals surface area contributed by atoms with Crippen LogP contribution in [0.5, 0.6) is 0 Å². The maximum Gasteiger partial charge on any atom is 0.115 e. The third-order valence-corrected chi connectivity index (χ3v) is 9.06. The summed E-state index contributed by atoms with van der Waals surface area (Å²) in [5.41, 5.74) is 5.06. The maximum absolute atomic E-state index is 4.88. The number of nitrogens with zero attached hydrogens (tertiary/aromatic N) is 1. The van der Waals surface area contributed by atoms with Crippen molar-refractivity contribution in [3.63, 3.8) is 0 Å². The Morgan fingerprint density at radius 1 is 0.680 bits per heavy atom. The van der Waals surface area contributed by atoms with Crippen LogP contribution in [0.1, 0.15) is 0 Å². The van der Waals surface area contributed by atoms with Gasteiger partial charge in [0.2, 0.25) is 0 Å². The summed E-state index contributed by atoms with van der Waals surface area (Å²) in [6, 6.07) is 26.2. The van der Waals surface area contributed by atoms with Gasteiger partial charge in [0.15, 0.2) is 0 Å². The maximum atomic E-state index is 4.88. The Labute approximate surface area is 149 Å². The van der Waals surface area contributed by atoms with E-state index in [1.807, 2.05) is 0 Å². The van der Waals surface area contributed by atoms with Crippen LogP contribution in [-0.2, 0) is 0 Å². The van der Waals surface area contributed by atoms with Crippen molar-refractivity contribution in [1.29, 1.82) is 0 Å². The third-order valence-electron chi connectivity index (χ3n) is 5.53. The van der Waals surface area contributed by atoms with Gasteiger partial charge in [-0.25, -0.2) is 0 Å². The molecule has 25 heavy (non-hydrogen) atoms. The van der Waals surface area contributed by atoms with Crippen molar-refractivity contribution < 1.29 is 0 Å². The second-order valence-electron chi connectivity index (χ2n) is 7.31. The first-order chi connectivity index (χ1) is 12.2. The molecule has 1 aliphatic heterocycles. The fraction of sp³-hybridized carbons (Fsp3) is 0.0870. The molecule has 0 radical (unpaired) electrons. The van der Waals surface area contributed by atoms with E-state index in [-0.39, 0.29) is 0 Å². The van der Waals surface area contributed by atoms with E-state index < -0.39 is 8.07 Å². The van der Waals surface area contributed by atoms with E-state index >= 15 is 0 Å². The summed E-state index contributed by atoms with van der Waals surface area (Å²) in [7, 11) is -1.62. The molecule has 1 nitrogen and oxygen atoms in total. The van der Waals surface area contributed by atoms with Crippen LogP contribution in [0.15, 0.2) is 79.0 Å². The van der Waals surface area contributed by atoms with Crippen LogP contribution in [-0.4, -0.2) is 13.1 Å². The molecule has 1 aromatic heterocycles. The Morgan fingerprint density at radius 2 is 1.40 bits per heavy atom. The van der Waals surface area contributed by atoms with Crippen LogP contribution in [0.3, 0.4) is 0 Å². The summed E-state index contributed by atoms with van der Waals surface area (Å²) < 4.78 is 0. The molecular weight excluding hydrogens is 318 g/mol. The van der Waals surface area contributed by atoms with E-state index in [1.54, 1.807) is 0 Å². The molecule has 2 heterocycles. The first-order valence-electron chi connectivity index (χ1n) is 8.75. The number of hydrogen-bond donors (Lipinski definition) is 0. The minimum atomic E-state index is -1.62. The molecular formula is C23H19NSi. The molecule has 0 fully saturated rings. The van der Waals surface area contributed by atoms with E-state index in [2.05, 4.69) is 92.1 Å². The minimum Gasteiger partial charge on any atom is -0.256 e. The molecule has 0 spiro atoms. The highest BCUT2D eigenvalue weighted by atomic mass is 28.3. The van der Waals surface area contributed by atoms with Gasteiger partial charge < -0.3 is 0 Å². The normalized spacial score (nSPS) is 14.3. The summed E-state index contributed by atoms with van der Waals surface area (Å²) in [6.45, 7) is 4.86. The highest BCUT2D eigenvalue weighted by Crippen LogP contribution is 2.33. The second-order valence-corrected chi connectivity index (χ2v) is 11.6. The molecule has 2 heteroatoms. The quantitative estimate of drug-likeness (QED) is 0.459. The lowest BCUT2D eigenvalue weighted by Gasteiger charge is -2.18. The van der Waals surface area contributed by atoms with E-state index in [1.165, 1.54) is 37.8 Å². The summed E-state index contributed by atoms with van der Waals surface area (Å²) in [5, 5.41) is 5.51. The average Bonchev–Trinajstić information content (AvgIpc) is 2.89. The number of rotatable bonds is 1. The van der Waals surface area contributed by atoms with Gasteiger partial charge in [0.1, 0.15) is 8.07 Å². The lowest BCUT2D eigenvalue weighted by Crippen LogP contribution is -2.49. The SMILES string of the molecule is C[Si]1(C)c2ccccc2-c2cc(-c3cccc4ccccc34)ncc21. The predicted octanol–water partition coefficient (Wildman–Crippen LogP) is 4.70. The molecule has 3 aromatic carbocycles. The summed E-state index contributed by atoms with van der Waals surface area (Å²) in [5.74, 6) is 0. The minimum absolute atomic E-state index is 1.07. The number of fused-ring (bicyclic) bond motifs is 4. The molecule has 4 aromatic rings. The Bertz CT molecular complexity index is 1120. The van der Waals surface area contributed by atoms with Gasteiger partial charge in [-0.2, -0.15) is 0 Å². The average molecular weight is 337 g/mol. The monoisotopic (exact) mass is 337 g/mol. The molecule has 0 bridgehead atoms. The summed E-state index contributed by atoms with van der Waals surface area (Å²) in [6.07, 6.45) is 2.14. The molecule has 0 amide bonds. The van der Waals surface area contributed by atoms with Crippen molar-refractivity contribution >= 4 is 29.2 Å². The van der Waals surface area contributed by atoms with Crippen LogP contribution in [0, 0.1) is 0 Å². The smallest absolute Gasteiger partial charge is 0.115 e. The van der Waals surface area contributed by atoms with Crippen LogP contribution in [0.2, 0.25) is 13.1 Å². The Balaban J connectivity index is 1.78. The van der Waals surface area contributed by atoms with E-state index in [0.29, 0.717) is 0 Å². The predicted molar refractivity (Wildman–Crippen MR) is 109 cm³/mol. The van der Waals surface area contributed by atoms with Crippen LogP contribution in [0.25, 0.3) is 33.2 Å². The van der Waals surface area contributed by atoms with E-state index in [9.17, 15) is 0 Å². The van der Waals surface area contributed by atoms with Gasteiger partial charge in [-0.1, -0.05) is 79.8 Å². The molecule has 0 saturated carbocycles. The lowest BCUT2D eigenvalue weighted by atomic mass is 9.99. The standard InChI is InChI=1S/C23H19NSi/c1-25(2)22-13-6-5-11-19(22)20-14-21(24-15-23(20)25)18-12-7-9-16-8-3-4-10-17(16)18/h3-15H,1-2H3. The Hall–Kier alpha value is -2.71. The molecule has 5 rings (SSSR count). The van der Waals surface area contributed by atoms with Crippen LogP contribution in [0.4, 0.5) is 0 Å². The van der Waals surface area contributed by atoms with Gasteiger partial charge in [-0.05, 0) is 38.3 Å². The zero-order valence-electron chi connectivity index (χ0n) is 14.5. The zero-order chi connectivity index (χ0) is 17.0. The van der Waals surface area contributed by atoms with Crippen molar-refractivity contribution in [2.75, 3.05) is 0 Å². The van der Waals surface area contributed by atoms with Gasteiger partial charge >= 0.3 is 0 Å². The fourth-order valence-electron chi connectivity index (χ4n) is 4.18. The van der Waals surface area contributed by atoms with Gasteiger partial charge in [-0.3, -0.25) is 4.98 Å². The molecule has 1 aliphatic rings. The second kappa shape index (κ2) is 5.14. The van der Waals surface area contributed by atoms with Crippen molar-refractivity contribution in [2.45, 2.75) is 13.1 Å². The number of hydrogen-bond acceptors (Lipinski definition) is 1. The first-order valence-corrected chi connectivity index (χ1v) is 11.7. The van der Waals surface area contributed by atoms with Gasteiger partial charge in [0, 0.05) is 11.8 Å².